The number of carbonyl (C=O) groups is 1. The molecule has 0 N–H and O–H groups in total. The fourth-order valence-corrected chi connectivity index (χ4v) is 5.87. The zero-order valence-electron chi connectivity index (χ0n) is 16.3. The molecular weight excluding hydrogens is 410 g/mol. The minimum absolute atomic E-state index is 0.0673. The Morgan fingerprint density at radius 2 is 1.97 bits per heavy atom. The molecule has 2 fully saturated rings. The molecule has 1 amide bonds. The van der Waals surface area contributed by atoms with E-state index in [-0.39, 0.29) is 29.5 Å². The van der Waals surface area contributed by atoms with Crippen molar-refractivity contribution in [3.05, 3.63) is 58.4 Å². The Morgan fingerprint density at radius 1 is 1.24 bits per heavy atom. The topological polar surface area (TPSA) is 72.3 Å². The Labute approximate surface area is 176 Å². The standard InChI is InChI=1S/C21H24ClN3O3S/c1-15-19(21(22)24(23-15)13-16-5-3-2-4-6-16)9-10-20(26)25(17-7-8-17)18-11-12-29(27,28)14-18/h2-6,9-10,17-18H,7-8,11-14H2,1H3/b10-9+. The predicted molar refractivity (Wildman–Crippen MR) is 113 cm³/mol. The number of aryl methyl sites for hydroxylation is 1. The van der Waals surface area contributed by atoms with Crippen LogP contribution in [0.25, 0.3) is 6.08 Å². The molecule has 2 heterocycles. The average Bonchev–Trinajstić information content (AvgIpc) is 3.39. The molecule has 1 aromatic carbocycles. The van der Waals surface area contributed by atoms with Crippen LogP contribution in [0.5, 0.6) is 0 Å². The van der Waals surface area contributed by atoms with Crippen molar-refractivity contribution in [3.63, 3.8) is 0 Å². The van der Waals surface area contributed by atoms with Crippen LogP contribution in [0.2, 0.25) is 5.15 Å². The van der Waals surface area contributed by atoms with Gasteiger partial charge in [0.2, 0.25) is 5.91 Å². The highest BCUT2D eigenvalue weighted by Gasteiger charge is 2.41. The van der Waals surface area contributed by atoms with Gasteiger partial charge in [-0.2, -0.15) is 5.10 Å². The summed E-state index contributed by atoms with van der Waals surface area (Å²) >= 11 is 6.53. The largest absolute Gasteiger partial charge is 0.332 e. The van der Waals surface area contributed by atoms with Crippen molar-refractivity contribution in [1.29, 1.82) is 0 Å². The fraction of sp³-hybridized carbons (Fsp3) is 0.429. The number of hydrogen-bond acceptors (Lipinski definition) is 4. The van der Waals surface area contributed by atoms with Crippen LogP contribution in [0.4, 0.5) is 0 Å². The van der Waals surface area contributed by atoms with E-state index in [0.717, 1.165) is 24.1 Å². The monoisotopic (exact) mass is 433 g/mol. The molecule has 1 saturated carbocycles. The van der Waals surface area contributed by atoms with Gasteiger partial charge in [0, 0.05) is 23.7 Å². The minimum atomic E-state index is -3.04. The van der Waals surface area contributed by atoms with Crippen molar-refractivity contribution < 1.29 is 13.2 Å². The third kappa shape index (κ3) is 4.56. The third-order valence-electron chi connectivity index (χ3n) is 5.47. The highest BCUT2D eigenvalue weighted by atomic mass is 35.5. The van der Waals surface area contributed by atoms with Crippen molar-refractivity contribution in [2.75, 3.05) is 11.5 Å². The minimum Gasteiger partial charge on any atom is -0.332 e. The molecule has 0 radical (unpaired) electrons. The lowest BCUT2D eigenvalue weighted by Crippen LogP contribution is -2.41. The maximum absolute atomic E-state index is 12.9. The number of sulfone groups is 1. The Kier molecular flexibility index (Phi) is 5.53. The first-order chi connectivity index (χ1) is 13.8. The number of halogens is 1. The smallest absolute Gasteiger partial charge is 0.247 e. The molecule has 1 atom stereocenters. The second-order valence-corrected chi connectivity index (χ2v) is 10.4. The van der Waals surface area contributed by atoms with Gasteiger partial charge in [-0.1, -0.05) is 41.9 Å². The molecule has 1 aliphatic heterocycles. The van der Waals surface area contributed by atoms with Gasteiger partial charge in [0.15, 0.2) is 9.84 Å². The summed E-state index contributed by atoms with van der Waals surface area (Å²) in [6.45, 7) is 2.41. The number of carbonyl (C=O) groups excluding carboxylic acids is 1. The predicted octanol–water partition coefficient (Wildman–Crippen LogP) is 3.08. The number of aromatic nitrogens is 2. The maximum atomic E-state index is 12.9. The zero-order valence-corrected chi connectivity index (χ0v) is 17.9. The molecule has 1 unspecified atom stereocenters. The molecule has 1 saturated heterocycles. The molecular formula is C21H24ClN3O3S. The quantitative estimate of drug-likeness (QED) is 0.656. The maximum Gasteiger partial charge on any atom is 0.247 e. The van der Waals surface area contributed by atoms with E-state index in [1.54, 1.807) is 15.7 Å². The van der Waals surface area contributed by atoms with E-state index >= 15 is 0 Å². The summed E-state index contributed by atoms with van der Waals surface area (Å²) in [6.07, 6.45) is 5.60. The van der Waals surface area contributed by atoms with Crippen molar-refractivity contribution in [1.82, 2.24) is 14.7 Å². The van der Waals surface area contributed by atoms with Crippen LogP contribution >= 0.6 is 11.6 Å². The Morgan fingerprint density at radius 3 is 2.59 bits per heavy atom. The Hall–Kier alpha value is -2.12. The second kappa shape index (κ2) is 7.95. The summed E-state index contributed by atoms with van der Waals surface area (Å²) < 4.78 is 25.4. The lowest BCUT2D eigenvalue weighted by Gasteiger charge is -2.27. The van der Waals surface area contributed by atoms with Gasteiger partial charge < -0.3 is 4.90 Å². The number of rotatable bonds is 6. The summed E-state index contributed by atoms with van der Waals surface area (Å²) in [6, 6.07) is 9.85. The molecule has 1 aromatic heterocycles. The number of benzene rings is 1. The van der Waals surface area contributed by atoms with Crippen molar-refractivity contribution in [2.24, 2.45) is 0 Å². The van der Waals surface area contributed by atoms with E-state index < -0.39 is 9.84 Å². The summed E-state index contributed by atoms with van der Waals surface area (Å²) in [5, 5.41) is 4.98. The van der Waals surface area contributed by atoms with Crippen LogP contribution in [-0.4, -0.2) is 52.6 Å². The van der Waals surface area contributed by atoms with E-state index in [1.807, 2.05) is 37.3 Å². The summed E-state index contributed by atoms with van der Waals surface area (Å²) in [7, 11) is -3.04. The Balaban J connectivity index is 1.51. The van der Waals surface area contributed by atoms with Crippen molar-refractivity contribution in [3.8, 4) is 0 Å². The molecule has 8 heteroatoms. The molecule has 0 bridgehead atoms. The van der Waals surface area contributed by atoms with Gasteiger partial charge in [0.1, 0.15) is 5.15 Å². The third-order valence-corrected chi connectivity index (χ3v) is 7.62. The van der Waals surface area contributed by atoms with Gasteiger partial charge in [0.25, 0.3) is 0 Å². The number of amides is 1. The molecule has 0 spiro atoms. The van der Waals surface area contributed by atoms with Gasteiger partial charge in [-0.25, -0.2) is 13.1 Å². The second-order valence-electron chi connectivity index (χ2n) is 7.80. The molecule has 29 heavy (non-hydrogen) atoms. The van der Waals surface area contributed by atoms with Crippen molar-refractivity contribution in [2.45, 2.75) is 44.8 Å². The summed E-state index contributed by atoms with van der Waals surface area (Å²) in [4.78, 5) is 14.7. The van der Waals surface area contributed by atoms with E-state index in [4.69, 9.17) is 11.6 Å². The first-order valence-corrected chi connectivity index (χ1v) is 12.0. The van der Waals surface area contributed by atoms with Crippen LogP contribution in [0.15, 0.2) is 36.4 Å². The first-order valence-electron chi connectivity index (χ1n) is 9.82. The highest BCUT2D eigenvalue weighted by Crippen LogP contribution is 2.33. The first kappa shape index (κ1) is 20.2. The van der Waals surface area contributed by atoms with Gasteiger partial charge in [-0.15, -0.1) is 0 Å². The van der Waals surface area contributed by atoms with Crippen LogP contribution < -0.4 is 0 Å². The molecule has 4 rings (SSSR count). The van der Waals surface area contributed by atoms with E-state index in [1.165, 1.54) is 6.08 Å². The molecule has 154 valence electrons. The van der Waals surface area contributed by atoms with Crippen LogP contribution in [0, 0.1) is 6.92 Å². The van der Waals surface area contributed by atoms with Crippen LogP contribution in [0.3, 0.4) is 0 Å². The fourth-order valence-electron chi connectivity index (χ4n) is 3.86. The van der Waals surface area contributed by atoms with E-state index in [2.05, 4.69) is 5.10 Å². The Bertz CT molecular complexity index is 1040. The molecule has 2 aliphatic rings. The summed E-state index contributed by atoms with van der Waals surface area (Å²) in [5.41, 5.74) is 2.55. The normalized spacial score (nSPS) is 21.0. The van der Waals surface area contributed by atoms with Gasteiger partial charge >= 0.3 is 0 Å². The highest BCUT2D eigenvalue weighted by molar-refractivity contribution is 7.91. The van der Waals surface area contributed by atoms with Gasteiger partial charge in [0.05, 0.1) is 23.7 Å². The zero-order chi connectivity index (χ0) is 20.6. The number of nitrogens with zero attached hydrogens (tertiary/aromatic N) is 3. The van der Waals surface area contributed by atoms with Crippen molar-refractivity contribution >= 4 is 33.4 Å². The summed E-state index contributed by atoms with van der Waals surface area (Å²) in [5.74, 6) is 0.0771. The molecule has 2 aromatic rings. The molecule has 6 nitrogen and oxygen atoms in total. The van der Waals surface area contributed by atoms with Crippen LogP contribution in [-0.2, 0) is 21.2 Å². The lowest BCUT2D eigenvalue weighted by atomic mass is 10.2. The lowest BCUT2D eigenvalue weighted by molar-refractivity contribution is -0.128. The molecule has 1 aliphatic carbocycles. The van der Waals surface area contributed by atoms with Gasteiger partial charge in [-0.3, -0.25) is 4.79 Å². The SMILES string of the molecule is Cc1nn(Cc2ccccc2)c(Cl)c1/C=C/C(=O)N(C1CC1)C1CCS(=O)(=O)C1. The van der Waals surface area contributed by atoms with Gasteiger partial charge in [-0.05, 0) is 37.8 Å². The van der Waals surface area contributed by atoms with E-state index in [9.17, 15) is 13.2 Å². The van der Waals surface area contributed by atoms with Crippen LogP contribution in [0.1, 0.15) is 36.1 Å². The number of hydrogen-bond donors (Lipinski definition) is 0. The average molecular weight is 434 g/mol. The van der Waals surface area contributed by atoms with E-state index in [0.29, 0.717) is 23.7 Å².